The molecule has 0 aromatic heterocycles. The van der Waals surface area contributed by atoms with Crippen LogP contribution in [0.3, 0.4) is 0 Å². The van der Waals surface area contributed by atoms with Crippen molar-refractivity contribution >= 4 is 29.9 Å². The summed E-state index contributed by atoms with van der Waals surface area (Å²) in [4.78, 5) is 3.96. The number of aliphatic hydroxyl groups excluding tert-OH is 1. The second kappa shape index (κ2) is 9.29. The molecular weight excluding hydrogens is 422 g/mol. The van der Waals surface area contributed by atoms with E-state index in [4.69, 9.17) is 5.11 Å². The summed E-state index contributed by atoms with van der Waals surface area (Å²) in [6.45, 7) is -0.581. The third-order valence-corrected chi connectivity index (χ3v) is 4.94. The first-order valence-electron chi connectivity index (χ1n) is 8.12. The monoisotopic (exact) mass is 449 g/mol. The minimum atomic E-state index is -4.61. The number of guanidine groups is 1. The van der Waals surface area contributed by atoms with Crippen molar-refractivity contribution in [3.05, 3.63) is 0 Å². The number of hydrogen-bond donors (Lipinski definition) is 3. The van der Waals surface area contributed by atoms with Crippen molar-refractivity contribution in [3.8, 4) is 0 Å². The molecule has 0 radical (unpaired) electrons. The zero-order valence-corrected chi connectivity index (χ0v) is 15.7. The Hall–Kier alpha value is -0.250. The van der Waals surface area contributed by atoms with Crippen molar-refractivity contribution < 1.29 is 18.3 Å². The topological polar surface area (TPSA) is 56.7 Å². The summed E-state index contributed by atoms with van der Waals surface area (Å²) in [5, 5.41) is 14.8. The molecular formula is C15H27F3IN3O. The van der Waals surface area contributed by atoms with Crippen molar-refractivity contribution in [1.82, 2.24) is 10.6 Å². The van der Waals surface area contributed by atoms with Crippen LogP contribution in [0.5, 0.6) is 0 Å². The Morgan fingerprint density at radius 1 is 1.17 bits per heavy atom. The second-order valence-corrected chi connectivity index (χ2v) is 6.47. The number of nitrogens with one attached hydrogen (secondary N) is 2. The molecule has 4 atom stereocenters. The summed E-state index contributed by atoms with van der Waals surface area (Å²) in [6, 6.07) is 0.258. The van der Waals surface area contributed by atoms with Gasteiger partial charge in [0.15, 0.2) is 12.1 Å². The quantitative estimate of drug-likeness (QED) is 0.353. The van der Waals surface area contributed by atoms with Gasteiger partial charge in [0.2, 0.25) is 0 Å². The van der Waals surface area contributed by atoms with Crippen LogP contribution in [0.15, 0.2) is 4.99 Å². The van der Waals surface area contributed by atoms with Crippen LogP contribution in [-0.4, -0.2) is 43.0 Å². The fourth-order valence-electron chi connectivity index (χ4n) is 3.70. The lowest BCUT2D eigenvalue weighted by molar-refractivity contribution is -0.201. The van der Waals surface area contributed by atoms with Crippen molar-refractivity contribution in [2.45, 2.75) is 63.3 Å². The SMILES string of the molecule is CN=C(NCC(O)C(F)(F)F)NC1CCC2CCCCC2C1.I. The lowest BCUT2D eigenvalue weighted by Gasteiger charge is -2.39. The molecule has 2 aliphatic rings. The Balaban J connectivity index is 0.00000264. The van der Waals surface area contributed by atoms with Crippen LogP contribution >= 0.6 is 24.0 Å². The van der Waals surface area contributed by atoms with Gasteiger partial charge in [0, 0.05) is 13.1 Å². The number of rotatable bonds is 3. The Bertz CT molecular complexity index is 393. The Kier molecular flexibility index (Phi) is 8.40. The molecule has 4 nitrogen and oxygen atoms in total. The Morgan fingerprint density at radius 2 is 1.83 bits per heavy atom. The molecule has 8 heteroatoms. The van der Waals surface area contributed by atoms with E-state index in [0.717, 1.165) is 24.7 Å². The van der Waals surface area contributed by atoms with Gasteiger partial charge in [-0.05, 0) is 31.1 Å². The van der Waals surface area contributed by atoms with Crippen molar-refractivity contribution in [1.29, 1.82) is 0 Å². The number of halogens is 4. The average Bonchev–Trinajstić information content (AvgIpc) is 2.49. The zero-order valence-electron chi connectivity index (χ0n) is 13.4. The summed E-state index contributed by atoms with van der Waals surface area (Å²) >= 11 is 0. The van der Waals surface area contributed by atoms with E-state index in [9.17, 15) is 13.2 Å². The van der Waals surface area contributed by atoms with E-state index in [2.05, 4.69) is 15.6 Å². The molecule has 0 saturated heterocycles. The minimum absolute atomic E-state index is 0. The lowest BCUT2D eigenvalue weighted by Crippen LogP contribution is -2.50. The second-order valence-electron chi connectivity index (χ2n) is 6.47. The molecule has 4 unspecified atom stereocenters. The number of fused-ring (bicyclic) bond motifs is 1. The maximum absolute atomic E-state index is 12.3. The maximum atomic E-state index is 12.3. The zero-order chi connectivity index (χ0) is 16.2. The fraction of sp³-hybridized carbons (Fsp3) is 0.933. The summed E-state index contributed by atoms with van der Waals surface area (Å²) in [5.41, 5.74) is 0. The molecule has 0 bridgehead atoms. The van der Waals surface area contributed by atoms with Gasteiger partial charge in [-0.25, -0.2) is 0 Å². The van der Waals surface area contributed by atoms with Gasteiger partial charge >= 0.3 is 6.18 Å². The third-order valence-electron chi connectivity index (χ3n) is 4.94. The molecule has 0 aliphatic heterocycles. The molecule has 2 fully saturated rings. The van der Waals surface area contributed by atoms with E-state index >= 15 is 0 Å². The molecule has 2 rings (SSSR count). The highest BCUT2D eigenvalue weighted by Gasteiger charge is 2.38. The molecule has 23 heavy (non-hydrogen) atoms. The van der Waals surface area contributed by atoms with Gasteiger partial charge in [-0.3, -0.25) is 4.99 Å². The smallest absolute Gasteiger partial charge is 0.382 e. The largest absolute Gasteiger partial charge is 0.416 e. The summed E-state index contributed by atoms with van der Waals surface area (Å²) in [7, 11) is 1.53. The Morgan fingerprint density at radius 3 is 2.43 bits per heavy atom. The molecule has 2 saturated carbocycles. The Labute approximate surface area is 152 Å². The first-order chi connectivity index (χ1) is 10.4. The van der Waals surface area contributed by atoms with Crippen molar-refractivity contribution in [3.63, 3.8) is 0 Å². The van der Waals surface area contributed by atoms with Crippen molar-refractivity contribution in [2.24, 2.45) is 16.8 Å². The predicted octanol–water partition coefficient (Wildman–Crippen LogP) is 3.05. The van der Waals surface area contributed by atoms with Gasteiger partial charge < -0.3 is 15.7 Å². The normalized spacial score (nSPS) is 30.0. The van der Waals surface area contributed by atoms with Crippen LogP contribution < -0.4 is 10.6 Å². The predicted molar refractivity (Wildman–Crippen MR) is 95.1 cm³/mol. The highest BCUT2D eigenvalue weighted by atomic mass is 127. The number of hydrogen-bond acceptors (Lipinski definition) is 2. The van der Waals surface area contributed by atoms with Crippen LogP contribution in [0.4, 0.5) is 13.2 Å². The number of aliphatic imine (C=N–C) groups is 1. The van der Waals surface area contributed by atoms with E-state index in [0.29, 0.717) is 5.96 Å². The van der Waals surface area contributed by atoms with Crippen LogP contribution in [0.1, 0.15) is 44.9 Å². The van der Waals surface area contributed by atoms with Crippen LogP contribution in [0, 0.1) is 11.8 Å². The van der Waals surface area contributed by atoms with Crippen molar-refractivity contribution in [2.75, 3.05) is 13.6 Å². The van der Waals surface area contributed by atoms with Gasteiger partial charge in [0.25, 0.3) is 0 Å². The van der Waals surface area contributed by atoms with Crippen LogP contribution in [-0.2, 0) is 0 Å². The van der Waals surface area contributed by atoms with Crippen LogP contribution in [0.2, 0.25) is 0 Å². The molecule has 3 N–H and O–H groups in total. The molecule has 0 heterocycles. The van der Waals surface area contributed by atoms with Gasteiger partial charge in [-0.2, -0.15) is 13.2 Å². The highest BCUT2D eigenvalue weighted by Crippen LogP contribution is 2.40. The first kappa shape index (κ1) is 20.8. The number of alkyl halides is 3. The maximum Gasteiger partial charge on any atom is 0.416 e. The van der Waals surface area contributed by atoms with E-state index in [1.54, 1.807) is 0 Å². The van der Waals surface area contributed by atoms with Crippen LogP contribution in [0.25, 0.3) is 0 Å². The fourth-order valence-corrected chi connectivity index (χ4v) is 3.70. The molecule has 136 valence electrons. The van der Waals surface area contributed by atoms with E-state index in [-0.39, 0.29) is 30.0 Å². The van der Waals surface area contributed by atoms with E-state index < -0.39 is 18.8 Å². The minimum Gasteiger partial charge on any atom is -0.382 e. The molecule has 0 spiro atoms. The summed E-state index contributed by atoms with van der Waals surface area (Å²) < 4.78 is 36.9. The standard InChI is InChI=1S/C15H26F3N3O.HI/c1-19-14(20-9-13(22)15(16,17)18)21-12-7-6-10-4-2-3-5-11(10)8-12;/h10-13,22H,2-9H2,1H3,(H2,19,20,21);1H. The van der Waals surface area contributed by atoms with Gasteiger partial charge in [-0.15, -0.1) is 24.0 Å². The molecule has 2 aliphatic carbocycles. The van der Waals surface area contributed by atoms with E-state index in [1.165, 1.54) is 39.2 Å². The first-order valence-corrected chi connectivity index (χ1v) is 8.12. The molecule has 0 aromatic carbocycles. The number of nitrogens with zero attached hydrogens (tertiary/aromatic N) is 1. The number of aliphatic hydroxyl groups is 1. The average molecular weight is 449 g/mol. The summed E-state index contributed by atoms with van der Waals surface area (Å²) in [6.07, 6.45) is 1.51. The summed E-state index contributed by atoms with van der Waals surface area (Å²) in [5.74, 6) is 1.90. The molecule has 0 amide bonds. The van der Waals surface area contributed by atoms with Gasteiger partial charge in [-0.1, -0.05) is 25.7 Å². The molecule has 0 aromatic rings. The highest BCUT2D eigenvalue weighted by molar-refractivity contribution is 14.0. The van der Waals surface area contributed by atoms with Gasteiger partial charge in [0.05, 0.1) is 6.54 Å². The van der Waals surface area contributed by atoms with E-state index in [1.807, 2.05) is 0 Å². The third kappa shape index (κ3) is 6.28. The lowest BCUT2D eigenvalue weighted by atomic mass is 9.69. The van der Waals surface area contributed by atoms with Gasteiger partial charge in [0.1, 0.15) is 0 Å².